The third kappa shape index (κ3) is 2.53. The molecule has 0 spiro atoms. The monoisotopic (exact) mass is 250 g/mol. The number of hydrogen-bond donors (Lipinski definition) is 1. The van der Waals surface area contributed by atoms with Crippen molar-refractivity contribution < 1.29 is 9.53 Å². The van der Waals surface area contributed by atoms with Crippen molar-refractivity contribution in [1.82, 2.24) is 14.8 Å². The van der Waals surface area contributed by atoms with Crippen LogP contribution in [0.15, 0.2) is 12.1 Å². The summed E-state index contributed by atoms with van der Waals surface area (Å²) in [6, 6.07) is 3.29. The van der Waals surface area contributed by atoms with Gasteiger partial charge in [-0.2, -0.15) is 4.98 Å². The van der Waals surface area contributed by atoms with Crippen molar-refractivity contribution in [1.29, 1.82) is 0 Å². The predicted octanol–water partition coefficient (Wildman–Crippen LogP) is 0.0600. The van der Waals surface area contributed by atoms with Crippen LogP contribution in [0.25, 0.3) is 0 Å². The number of anilines is 1. The molecule has 1 aliphatic heterocycles. The van der Waals surface area contributed by atoms with Crippen LogP contribution in [0.1, 0.15) is 10.4 Å². The molecule has 1 fully saturated rings. The number of carbonyl (C=O) groups excluding carboxylic acids is 1. The molecule has 18 heavy (non-hydrogen) atoms. The molecule has 0 bridgehead atoms. The first kappa shape index (κ1) is 12.6. The molecule has 1 aromatic heterocycles. The van der Waals surface area contributed by atoms with Gasteiger partial charge in [-0.05, 0) is 19.2 Å². The van der Waals surface area contributed by atoms with Crippen molar-refractivity contribution >= 4 is 11.7 Å². The van der Waals surface area contributed by atoms with Gasteiger partial charge < -0.3 is 20.3 Å². The quantitative estimate of drug-likeness (QED) is 0.803. The maximum Gasteiger partial charge on any atom is 0.259 e. The van der Waals surface area contributed by atoms with Gasteiger partial charge >= 0.3 is 0 Å². The molecule has 0 aromatic carbocycles. The average Bonchev–Trinajstić information content (AvgIpc) is 2.38. The topological polar surface area (TPSA) is 71.7 Å². The smallest absolute Gasteiger partial charge is 0.259 e. The van der Waals surface area contributed by atoms with Crippen molar-refractivity contribution in [2.24, 2.45) is 0 Å². The van der Waals surface area contributed by atoms with E-state index in [1.54, 1.807) is 12.1 Å². The van der Waals surface area contributed by atoms with Gasteiger partial charge in [-0.1, -0.05) is 0 Å². The Morgan fingerprint density at radius 2 is 2.00 bits per heavy atom. The molecular weight excluding hydrogens is 232 g/mol. The standard InChI is InChI=1S/C12H18N4O2/c1-15-5-7-16(8-6-15)12(17)9-3-4-10(13)14-11(9)18-2/h3-4H,5-8H2,1-2H3,(H2,13,14). The number of aromatic nitrogens is 1. The molecular formula is C12H18N4O2. The fourth-order valence-corrected chi connectivity index (χ4v) is 1.95. The number of pyridine rings is 1. The van der Waals surface area contributed by atoms with Crippen molar-refractivity contribution in [3.05, 3.63) is 17.7 Å². The fourth-order valence-electron chi connectivity index (χ4n) is 1.95. The Morgan fingerprint density at radius 1 is 1.33 bits per heavy atom. The number of rotatable bonds is 2. The van der Waals surface area contributed by atoms with E-state index in [9.17, 15) is 4.79 Å². The Labute approximate surface area is 106 Å². The highest BCUT2D eigenvalue weighted by atomic mass is 16.5. The van der Waals surface area contributed by atoms with E-state index in [4.69, 9.17) is 10.5 Å². The molecule has 98 valence electrons. The summed E-state index contributed by atoms with van der Waals surface area (Å²) in [5.74, 6) is 0.591. The molecule has 0 saturated carbocycles. The van der Waals surface area contributed by atoms with Crippen molar-refractivity contribution in [2.75, 3.05) is 46.1 Å². The number of nitrogens with zero attached hydrogens (tertiary/aromatic N) is 3. The highest BCUT2D eigenvalue weighted by molar-refractivity contribution is 5.96. The lowest BCUT2D eigenvalue weighted by atomic mass is 10.2. The van der Waals surface area contributed by atoms with Crippen LogP contribution in [0.2, 0.25) is 0 Å². The first-order valence-corrected chi connectivity index (χ1v) is 5.90. The molecule has 0 radical (unpaired) electrons. The molecule has 1 saturated heterocycles. The van der Waals surface area contributed by atoms with E-state index in [-0.39, 0.29) is 5.91 Å². The SMILES string of the molecule is COc1nc(N)ccc1C(=O)N1CCN(C)CC1. The van der Waals surface area contributed by atoms with Gasteiger partial charge in [0.2, 0.25) is 5.88 Å². The van der Waals surface area contributed by atoms with Gasteiger partial charge in [0.1, 0.15) is 11.4 Å². The lowest BCUT2D eigenvalue weighted by Gasteiger charge is -2.32. The van der Waals surface area contributed by atoms with E-state index in [1.165, 1.54) is 7.11 Å². The third-order valence-corrected chi connectivity index (χ3v) is 3.10. The molecule has 6 nitrogen and oxygen atoms in total. The van der Waals surface area contributed by atoms with Gasteiger partial charge in [-0.25, -0.2) is 0 Å². The summed E-state index contributed by atoms with van der Waals surface area (Å²) in [7, 11) is 3.54. The minimum Gasteiger partial charge on any atom is -0.480 e. The minimum absolute atomic E-state index is 0.0487. The number of hydrogen-bond acceptors (Lipinski definition) is 5. The second-order valence-electron chi connectivity index (χ2n) is 4.39. The first-order chi connectivity index (χ1) is 8.61. The van der Waals surface area contributed by atoms with E-state index in [0.29, 0.717) is 17.3 Å². The van der Waals surface area contributed by atoms with Crippen molar-refractivity contribution in [3.63, 3.8) is 0 Å². The Morgan fingerprint density at radius 3 is 2.61 bits per heavy atom. The molecule has 0 unspecified atom stereocenters. The number of nitrogens with two attached hydrogens (primary N) is 1. The Kier molecular flexibility index (Phi) is 3.66. The number of carbonyl (C=O) groups is 1. The third-order valence-electron chi connectivity index (χ3n) is 3.10. The fraction of sp³-hybridized carbons (Fsp3) is 0.500. The van der Waals surface area contributed by atoms with Gasteiger partial charge in [0.15, 0.2) is 0 Å². The van der Waals surface area contributed by atoms with Crippen LogP contribution in [0.4, 0.5) is 5.82 Å². The second-order valence-corrected chi connectivity index (χ2v) is 4.39. The summed E-state index contributed by atoms with van der Waals surface area (Å²) in [5.41, 5.74) is 6.05. The molecule has 1 aromatic rings. The maximum atomic E-state index is 12.3. The number of amides is 1. The second kappa shape index (κ2) is 5.22. The molecule has 0 aliphatic carbocycles. The summed E-state index contributed by atoms with van der Waals surface area (Å²) in [6.07, 6.45) is 0. The van der Waals surface area contributed by atoms with Crippen LogP contribution >= 0.6 is 0 Å². The van der Waals surface area contributed by atoms with Gasteiger partial charge in [-0.15, -0.1) is 0 Å². The zero-order valence-corrected chi connectivity index (χ0v) is 10.7. The number of ether oxygens (including phenoxy) is 1. The summed E-state index contributed by atoms with van der Waals surface area (Å²) in [5, 5.41) is 0. The summed E-state index contributed by atoms with van der Waals surface area (Å²) >= 11 is 0. The zero-order chi connectivity index (χ0) is 13.1. The molecule has 6 heteroatoms. The van der Waals surface area contributed by atoms with E-state index >= 15 is 0 Å². The van der Waals surface area contributed by atoms with Gasteiger partial charge in [0.25, 0.3) is 5.91 Å². The predicted molar refractivity (Wildman–Crippen MR) is 68.6 cm³/mol. The lowest BCUT2D eigenvalue weighted by molar-refractivity contribution is 0.0660. The van der Waals surface area contributed by atoms with Gasteiger partial charge in [-0.3, -0.25) is 4.79 Å². The Bertz CT molecular complexity index is 442. The molecule has 0 atom stereocenters. The molecule has 2 rings (SSSR count). The number of piperazine rings is 1. The molecule has 1 amide bonds. The molecule has 2 heterocycles. The zero-order valence-electron chi connectivity index (χ0n) is 10.7. The summed E-state index contributed by atoms with van der Waals surface area (Å²) in [6.45, 7) is 3.22. The molecule has 1 aliphatic rings. The van der Waals surface area contributed by atoms with Crippen LogP contribution in [0.5, 0.6) is 5.88 Å². The van der Waals surface area contributed by atoms with Crippen LogP contribution in [0.3, 0.4) is 0 Å². The van der Waals surface area contributed by atoms with Crippen LogP contribution in [-0.4, -0.2) is 61.0 Å². The van der Waals surface area contributed by atoms with Crippen molar-refractivity contribution in [2.45, 2.75) is 0 Å². The van der Waals surface area contributed by atoms with Crippen LogP contribution in [-0.2, 0) is 0 Å². The van der Waals surface area contributed by atoms with Gasteiger partial charge in [0.05, 0.1) is 7.11 Å². The van der Waals surface area contributed by atoms with Crippen LogP contribution in [0, 0.1) is 0 Å². The summed E-state index contributed by atoms with van der Waals surface area (Å²) in [4.78, 5) is 20.4. The average molecular weight is 250 g/mol. The highest BCUT2D eigenvalue weighted by Gasteiger charge is 2.23. The van der Waals surface area contributed by atoms with Crippen molar-refractivity contribution in [3.8, 4) is 5.88 Å². The molecule has 2 N–H and O–H groups in total. The van der Waals surface area contributed by atoms with E-state index < -0.39 is 0 Å². The Hall–Kier alpha value is -1.82. The Balaban J connectivity index is 2.18. The summed E-state index contributed by atoms with van der Waals surface area (Å²) < 4.78 is 5.11. The van der Waals surface area contributed by atoms with E-state index in [1.807, 2.05) is 11.9 Å². The lowest BCUT2D eigenvalue weighted by Crippen LogP contribution is -2.47. The first-order valence-electron chi connectivity index (χ1n) is 5.90. The van der Waals surface area contributed by atoms with E-state index in [2.05, 4.69) is 9.88 Å². The number of methoxy groups -OCH3 is 1. The number of nitrogen functional groups attached to an aromatic ring is 1. The highest BCUT2D eigenvalue weighted by Crippen LogP contribution is 2.19. The van der Waals surface area contributed by atoms with E-state index in [0.717, 1.165) is 26.2 Å². The largest absolute Gasteiger partial charge is 0.480 e. The van der Waals surface area contributed by atoms with Crippen LogP contribution < -0.4 is 10.5 Å². The van der Waals surface area contributed by atoms with Gasteiger partial charge in [0, 0.05) is 26.2 Å². The normalized spacial score (nSPS) is 16.7. The minimum atomic E-state index is -0.0487. The maximum absolute atomic E-state index is 12.3. The number of likely N-dealkylation sites (N-methyl/N-ethyl adjacent to an activating group) is 1.